The van der Waals surface area contributed by atoms with Crippen LogP contribution in [0.4, 0.5) is 0 Å². The van der Waals surface area contributed by atoms with Gasteiger partial charge >= 0.3 is 5.97 Å². The molecule has 0 spiro atoms. The molecule has 0 unspecified atom stereocenters. The number of carbonyl (C=O) groups is 2. The number of carboxylic acids is 1. The van der Waals surface area contributed by atoms with Gasteiger partial charge in [0.15, 0.2) is 0 Å². The molecule has 108 valence electrons. The molecule has 2 saturated carbocycles. The zero-order valence-corrected chi connectivity index (χ0v) is 11.8. The van der Waals surface area contributed by atoms with E-state index in [9.17, 15) is 9.59 Å². The van der Waals surface area contributed by atoms with Crippen LogP contribution in [0.5, 0.6) is 0 Å². The van der Waals surface area contributed by atoms with Gasteiger partial charge in [0.2, 0.25) is 5.91 Å². The highest BCUT2D eigenvalue weighted by Gasteiger charge is 2.29. The fraction of sp³-hybridized carbons (Fsp3) is 0.867. The molecule has 0 radical (unpaired) electrons. The van der Waals surface area contributed by atoms with Crippen molar-refractivity contribution >= 4 is 11.9 Å². The minimum atomic E-state index is -0.696. The lowest BCUT2D eigenvalue weighted by Gasteiger charge is -2.36. The summed E-state index contributed by atoms with van der Waals surface area (Å²) in [4.78, 5) is 24.7. The Labute approximate surface area is 115 Å². The van der Waals surface area contributed by atoms with Crippen LogP contribution in [0.15, 0.2) is 0 Å². The minimum Gasteiger partial charge on any atom is -0.481 e. The minimum absolute atomic E-state index is 0.284. The van der Waals surface area contributed by atoms with E-state index in [-0.39, 0.29) is 12.3 Å². The van der Waals surface area contributed by atoms with Crippen LogP contribution in [0.2, 0.25) is 0 Å². The average Bonchev–Trinajstić information content (AvgIpc) is 2.33. The fourth-order valence-corrected chi connectivity index (χ4v) is 3.27. The third kappa shape index (κ3) is 3.95. The summed E-state index contributed by atoms with van der Waals surface area (Å²) in [5.41, 5.74) is 0. The highest BCUT2D eigenvalue weighted by molar-refractivity contribution is 5.76. The van der Waals surface area contributed by atoms with Gasteiger partial charge in [0.05, 0.1) is 0 Å². The van der Waals surface area contributed by atoms with Crippen LogP contribution in [0.25, 0.3) is 0 Å². The first-order chi connectivity index (χ1) is 9.06. The summed E-state index contributed by atoms with van der Waals surface area (Å²) in [6, 6.07) is 0.331. The van der Waals surface area contributed by atoms with Gasteiger partial charge in [-0.15, -0.1) is 0 Å². The van der Waals surface area contributed by atoms with Gasteiger partial charge in [-0.25, -0.2) is 0 Å². The zero-order chi connectivity index (χ0) is 13.8. The van der Waals surface area contributed by atoms with Crippen LogP contribution in [-0.4, -0.2) is 35.0 Å². The van der Waals surface area contributed by atoms with Crippen molar-refractivity contribution in [1.29, 1.82) is 0 Å². The quantitative estimate of drug-likeness (QED) is 0.833. The van der Waals surface area contributed by atoms with E-state index in [0.717, 1.165) is 25.7 Å². The van der Waals surface area contributed by atoms with E-state index in [4.69, 9.17) is 5.11 Å². The van der Waals surface area contributed by atoms with Crippen molar-refractivity contribution in [2.24, 2.45) is 11.8 Å². The summed E-state index contributed by atoms with van der Waals surface area (Å²) in [6.45, 7) is 0. The maximum Gasteiger partial charge on any atom is 0.303 e. The summed E-state index contributed by atoms with van der Waals surface area (Å²) >= 11 is 0. The van der Waals surface area contributed by atoms with E-state index in [0.29, 0.717) is 24.3 Å². The Kier molecular flexibility index (Phi) is 4.83. The van der Waals surface area contributed by atoms with E-state index in [1.165, 1.54) is 19.3 Å². The number of hydrogen-bond donors (Lipinski definition) is 1. The predicted molar refractivity (Wildman–Crippen MR) is 72.7 cm³/mol. The van der Waals surface area contributed by atoms with Gasteiger partial charge in [0.1, 0.15) is 0 Å². The number of carboxylic acid groups (broad SMARTS) is 1. The highest BCUT2D eigenvalue weighted by Crippen LogP contribution is 2.32. The van der Waals surface area contributed by atoms with Gasteiger partial charge in [-0.2, -0.15) is 0 Å². The first-order valence-corrected chi connectivity index (χ1v) is 7.53. The molecule has 2 fully saturated rings. The first-order valence-electron chi connectivity index (χ1n) is 7.53. The van der Waals surface area contributed by atoms with Gasteiger partial charge in [-0.3, -0.25) is 9.59 Å². The highest BCUT2D eigenvalue weighted by atomic mass is 16.4. The fourth-order valence-electron chi connectivity index (χ4n) is 3.27. The molecule has 0 aromatic rings. The lowest BCUT2D eigenvalue weighted by Crippen LogP contribution is -2.40. The molecule has 4 heteroatoms. The molecule has 0 heterocycles. The zero-order valence-electron chi connectivity index (χ0n) is 11.8. The maximum atomic E-state index is 12.1. The van der Waals surface area contributed by atoms with Crippen LogP contribution >= 0.6 is 0 Å². The van der Waals surface area contributed by atoms with E-state index in [1.807, 2.05) is 11.9 Å². The topological polar surface area (TPSA) is 57.6 Å². The van der Waals surface area contributed by atoms with Crippen LogP contribution in [0.1, 0.15) is 57.8 Å². The summed E-state index contributed by atoms with van der Waals surface area (Å²) in [6.07, 6.45) is 8.52. The number of rotatable bonds is 5. The smallest absolute Gasteiger partial charge is 0.303 e. The lowest BCUT2D eigenvalue weighted by atomic mass is 9.81. The molecule has 0 aliphatic heterocycles. The normalized spacial score (nSPS) is 27.6. The Morgan fingerprint density at radius 1 is 1.00 bits per heavy atom. The van der Waals surface area contributed by atoms with Gasteiger partial charge in [-0.1, -0.05) is 6.42 Å². The molecule has 0 saturated heterocycles. The second-order valence-corrected chi connectivity index (χ2v) is 6.28. The number of carbonyl (C=O) groups excluding carboxylic acids is 1. The number of aliphatic carboxylic acids is 1. The summed E-state index contributed by atoms with van der Waals surface area (Å²) in [7, 11) is 1.92. The summed E-state index contributed by atoms with van der Waals surface area (Å²) in [5.74, 6) is 0.520. The SMILES string of the molecule is CN(C(=O)CC1CCC1)C1CCC(CC(=O)O)CC1. The van der Waals surface area contributed by atoms with E-state index in [1.54, 1.807) is 0 Å². The largest absolute Gasteiger partial charge is 0.481 e. The molecule has 0 aromatic heterocycles. The molecule has 19 heavy (non-hydrogen) atoms. The molecule has 1 N–H and O–H groups in total. The van der Waals surface area contributed by atoms with Crippen molar-refractivity contribution in [3.05, 3.63) is 0 Å². The number of amides is 1. The van der Waals surface area contributed by atoms with Crippen LogP contribution in [0.3, 0.4) is 0 Å². The number of nitrogens with zero attached hydrogens (tertiary/aromatic N) is 1. The average molecular weight is 267 g/mol. The number of hydrogen-bond acceptors (Lipinski definition) is 2. The van der Waals surface area contributed by atoms with Crippen molar-refractivity contribution in [1.82, 2.24) is 4.90 Å². The van der Waals surface area contributed by atoms with Gasteiger partial charge in [-0.05, 0) is 50.4 Å². The van der Waals surface area contributed by atoms with Crippen LogP contribution in [0, 0.1) is 11.8 Å². The molecule has 4 nitrogen and oxygen atoms in total. The monoisotopic (exact) mass is 267 g/mol. The van der Waals surface area contributed by atoms with Gasteiger partial charge in [0.25, 0.3) is 0 Å². The molecule has 1 amide bonds. The van der Waals surface area contributed by atoms with Crippen molar-refractivity contribution in [3.8, 4) is 0 Å². The molecular formula is C15H25NO3. The van der Waals surface area contributed by atoms with Crippen LogP contribution in [-0.2, 0) is 9.59 Å². The third-order valence-electron chi connectivity index (χ3n) is 4.91. The Bertz CT molecular complexity index is 330. The second-order valence-electron chi connectivity index (χ2n) is 6.28. The van der Waals surface area contributed by atoms with E-state index < -0.39 is 5.97 Å². The van der Waals surface area contributed by atoms with Crippen molar-refractivity contribution in [3.63, 3.8) is 0 Å². The Morgan fingerprint density at radius 3 is 2.05 bits per heavy atom. The Balaban J connectivity index is 1.73. The molecule has 0 atom stereocenters. The third-order valence-corrected chi connectivity index (χ3v) is 4.91. The first kappa shape index (κ1) is 14.4. The molecule has 0 aromatic carbocycles. The van der Waals surface area contributed by atoms with E-state index in [2.05, 4.69) is 0 Å². The predicted octanol–water partition coefficient (Wildman–Crippen LogP) is 2.67. The molecule has 2 aliphatic carbocycles. The van der Waals surface area contributed by atoms with Crippen molar-refractivity contribution in [2.75, 3.05) is 7.05 Å². The second kappa shape index (κ2) is 6.40. The summed E-state index contributed by atoms with van der Waals surface area (Å²) < 4.78 is 0. The molecular weight excluding hydrogens is 242 g/mol. The maximum absolute atomic E-state index is 12.1. The summed E-state index contributed by atoms with van der Waals surface area (Å²) in [5, 5.41) is 8.80. The van der Waals surface area contributed by atoms with Crippen molar-refractivity contribution in [2.45, 2.75) is 63.8 Å². The van der Waals surface area contributed by atoms with E-state index >= 15 is 0 Å². The lowest BCUT2D eigenvalue weighted by molar-refractivity contribution is -0.139. The molecule has 0 bridgehead atoms. The molecule has 2 rings (SSSR count). The van der Waals surface area contributed by atoms with Gasteiger partial charge < -0.3 is 10.0 Å². The standard InChI is InChI=1S/C15H25NO3/c1-16(14(17)9-11-3-2-4-11)13-7-5-12(6-8-13)10-15(18)19/h11-13H,2-10H2,1H3,(H,18,19). The Morgan fingerprint density at radius 2 is 1.58 bits per heavy atom. The van der Waals surface area contributed by atoms with Gasteiger partial charge in [0, 0.05) is 25.9 Å². The Hall–Kier alpha value is -1.06. The van der Waals surface area contributed by atoms with Crippen molar-refractivity contribution < 1.29 is 14.7 Å². The van der Waals surface area contributed by atoms with Crippen LogP contribution < -0.4 is 0 Å². The molecule has 2 aliphatic rings.